The first-order valence-corrected chi connectivity index (χ1v) is 7.05. The Morgan fingerprint density at radius 1 is 1.35 bits per heavy atom. The highest BCUT2D eigenvalue weighted by molar-refractivity contribution is 5.82. The minimum absolute atomic E-state index is 0.156. The molecule has 0 bridgehead atoms. The Balaban J connectivity index is 1.46. The Labute approximate surface area is 118 Å². The predicted molar refractivity (Wildman–Crippen MR) is 77.2 cm³/mol. The predicted octanol–water partition coefficient (Wildman–Crippen LogP) is 1.88. The highest BCUT2D eigenvalue weighted by Crippen LogP contribution is 2.47. The largest absolute Gasteiger partial charge is 0.355 e. The SMILES string of the molecule is Cn1nccc1CCNC(=O)[C@@H]1C[C@H]1c1ccccc1. The van der Waals surface area contributed by atoms with Crippen molar-refractivity contribution in [2.75, 3.05) is 6.54 Å². The number of rotatable bonds is 5. The summed E-state index contributed by atoms with van der Waals surface area (Å²) in [5.41, 5.74) is 2.42. The number of carbonyl (C=O) groups excluding carboxylic acids is 1. The monoisotopic (exact) mass is 269 g/mol. The van der Waals surface area contributed by atoms with Crippen LogP contribution < -0.4 is 5.32 Å². The molecule has 0 unspecified atom stereocenters. The van der Waals surface area contributed by atoms with Crippen LogP contribution in [0.15, 0.2) is 42.6 Å². The molecule has 1 aromatic heterocycles. The maximum atomic E-state index is 12.1. The van der Waals surface area contributed by atoms with E-state index < -0.39 is 0 Å². The van der Waals surface area contributed by atoms with Crippen molar-refractivity contribution in [3.05, 3.63) is 53.9 Å². The summed E-state index contributed by atoms with van der Waals surface area (Å²) >= 11 is 0. The summed E-state index contributed by atoms with van der Waals surface area (Å²) in [5.74, 6) is 0.748. The Hall–Kier alpha value is -2.10. The first kappa shape index (κ1) is 12.9. The topological polar surface area (TPSA) is 46.9 Å². The standard InChI is InChI=1S/C16H19N3O/c1-19-13(8-10-18-19)7-9-17-16(20)15-11-14(15)12-5-3-2-4-6-12/h2-6,8,10,14-15H,7,9,11H2,1H3,(H,17,20)/t14-,15+/m0/s1. The van der Waals surface area contributed by atoms with Gasteiger partial charge >= 0.3 is 0 Å². The molecule has 1 fully saturated rings. The van der Waals surface area contributed by atoms with Crippen LogP contribution in [0.5, 0.6) is 0 Å². The number of amides is 1. The van der Waals surface area contributed by atoms with Gasteiger partial charge in [0, 0.05) is 37.8 Å². The fourth-order valence-corrected chi connectivity index (χ4v) is 2.64. The molecule has 1 aromatic carbocycles. The lowest BCUT2D eigenvalue weighted by Gasteiger charge is -2.05. The van der Waals surface area contributed by atoms with Crippen molar-refractivity contribution in [3.8, 4) is 0 Å². The molecule has 1 amide bonds. The molecule has 0 aliphatic heterocycles. The smallest absolute Gasteiger partial charge is 0.223 e. The minimum Gasteiger partial charge on any atom is -0.355 e. The van der Waals surface area contributed by atoms with E-state index in [-0.39, 0.29) is 11.8 Å². The lowest BCUT2D eigenvalue weighted by atomic mass is 10.1. The molecular formula is C16H19N3O. The van der Waals surface area contributed by atoms with Gasteiger partial charge in [-0.05, 0) is 24.0 Å². The number of aromatic nitrogens is 2. The lowest BCUT2D eigenvalue weighted by molar-refractivity contribution is -0.122. The zero-order chi connectivity index (χ0) is 13.9. The van der Waals surface area contributed by atoms with Crippen molar-refractivity contribution in [2.45, 2.75) is 18.8 Å². The lowest BCUT2D eigenvalue weighted by Crippen LogP contribution is -2.28. The zero-order valence-electron chi connectivity index (χ0n) is 11.6. The van der Waals surface area contributed by atoms with Crippen LogP contribution in [0, 0.1) is 5.92 Å². The van der Waals surface area contributed by atoms with Gasteiger partial charge < -0.3 is 5.32 Å². The molecule has 104 valence electrons. The van der Waals surface area contributed by atoms with Crippen molar-refractivity contribution in [2.24, 2.45) is 13.0 Å². The Kier molecular flexibility index (Phi) is 3.54. The van der Waals surface area contributed by atoms with Crippen LogP contribution in [0.4, 0.5) is 0 Å². The summed E-state index contributed by atoms with van der Waals surface area (Å²) in [7, 11) is 1.92. The zero-order valence-corrected chi connectivity index (χ0v) is 11.6. The summed E-state index contributed by atoms with van der Waals surface area (Å²) in [4.78, 5) is 12.1. The third-order valence-electron chi connectivity index (χ3n) is 3.96. The summed E-state index contributed by atoms with van der Waals surface area (Å²) in [6.45, 7) is 0.677. The second-order valence-corrected chi connectivity index (χ2v) is 5.35. The summed E-state index contributed by atoms with van der Waals surface area (Å²) in [6, 6.07) is 12.3. The maximum absolute atomic E-state index is 12.1. The average Bonchev–Trinajstić information content (AvgIpc) is 3.18. The maximum Gasteiger partial charge on any atom is 0.223 e. The first-order valence-electron chi connectivity index (χ1n) is 7.05. The number of hydrogen-bond acceptors (Lipinski definition) is 2. The average molecular weight is 269 g/mol. The fourth-order valence-electron chi connectivity index (χ4n) is 2.64. The van der Waals surface area contributed by atoms with Gasteiger partial charge in [-0.3, -0.25) is 9.48 Å². The number of benzene rings is 1. The van der Waals surface area contributed by atoms with Gasteiger partial charge in [-0.25, -0.2) is 0 Å². The highest BCUT2D eigenvalue weighted by Gasteiger charge is 2.43. The van der Waals surface area contributed by atoms with Crippen LogP contribution in [0.1, 0.15) is 23.6 Å². The van der Waals surface area contributed by atoms with E-state index in [0.717, 1.165) is 18.5 Å². The number of carbonyl (C=O) groups is 1. The van der Waals surface area contributed by atoms with E-state index >= 15 is 0 Å². The van der Waals surface area contributed by atoms with Crippen LogP contribution in [0.2, 0.25) is 0 Å². The molecule has 2 atom stereocenters. The van der Waals surface area contributed by atoms with E-state index in [1.54, 1.807) is 6.20 Å². The van der Waals surface area contributed by atoms with Crippen molar-refractivity contribution in [1.82, 2.24) is 15.1 Å². The van der Waals surface area contributed by atoms with Crippen LogP contribution in [0.25, 0.3) is 0 Å². The quantitative estimate of drug-likeness (QED) is 0.901. The van der Waals surface area contributed by atoms with Crippen molar-refractivity contribution >= 4 is 5.91 Å². The van der Waals surface area contributed by atoms with E-state index in [4.69, 9.17) is 0 Å². The third kappa shape index (κ3) is 2.74. The molecule has 1 aliphatic carbocycles. The van der Waals surface area contributed by atoms with Gasteiger partial charge in [-0.15, -0.1) is 0 Å². The normalized spacial score (nSPS) is 20.6. The van der Waals surface area contributed by atoms with Gasteiger partial charge in [-0.2, -0.15) is 5.10 Å². The molecule has 1 N–H and O–H groups in total. The molecule has 3 rings (SSSR count). The van der Waals surface area contributed by atoms with E-state index in [9.17, 15) is 4.79 Å². The molecule has 0 saturated heterocycles. The van der Waals surface area contributed by atoms with E-state index in [1.165, 1.54) is 5.56 Å². The molecule has 0 radical (unpaired) electrons. The van der Waals surface area contributed by atoms with Gasteiger partial charge in [0.15, 0.2) is 0 Å². The molecule has 2 aromatic rings. The number of nitrogens with one attached hydrogen (secondary N) is 1. The Bertz CT molecular complexity index is 591. The molecule has 1 aliphatic rings. The summed E-state index contributed by atoms with van der Waals surface area (Å²) in [6.07, 6.45) is 3.58. The van der Waals surface area contributed by atoms with Crippen molar-refractivity contribution in [1.29, 1.82) is 0 Å². The van der Waals surface area contributed by atoms with Gasteiger partial charge in [0.25, 0.3) is 0 Å². The second-order valence-electron chi connectivity index (χ2n) is 5.35. The molecule has 4 heteroatoms. The molecular weight excluding hydrogens is 250 g/mol. The number of hydrogen-bond donors (Lipinski definition) is 1. The van der Waals surface area contributed by atoms with Gasteiger partial charge in [0.2, 0.25) is 5.91 Å². The molecule has 20 heavy (non-hydrogen) atoms. The van der Waals surface area contributed by atoms with E-state index in [1.807, 2.05) is 36.0 Å². The second kappa shape index (κ2) is 5.49. The molecule has 1 saturated carbocycles. The highest BCUT2D eigenvalue weighted by atomic mass is 16.2. The van der Waals surface area contributed by atoms with Crippen LogP contribution in [-0.4, -0.2) is 22.2 Å². The summed E-state index contributed by atoms with van der Waals surface area (Å²) < 4.78 is 1.84. The minimum atomic E-state index is 0.156. The van der Waals surface area contributed by atoms with Crippen LogP contribution in [0.3, 0.4) is 0 Å². The third-order valence-corrected chi connectivity index (χ3v) is 3.96. The molecule has 4 nitrogen and oxygen atoms in total. The van der Waals surface area contributed by atoms with Crippen LogP contribution in [-0.2, 0) is 18.3 Å². The van der Waals surface area contributed by atoms with Gasteiger partial charge in [0.1, 0.15) is 0 Å². The number of aryl methyl sites for hydroxylation is 1. The molecule has 1 heterocycles. The Morgan fingerprint density at radius 3 is 2.85 bits per heavy atom. The van der Waals surface area contributed by atoms with Crippen molar-refractivity contribution in [3.63, 3.8) is 0 Å². The van der Waals surface area contributed by atoms with Gasteiger partial charge in [0.05, 0.1) is 0 Å². The van der Waals surface area contributed by atoms with Gasteiger partial charge in [-0.1, -0.05) is 30.3 Å². The first-order chi connectivity index (χ1) is 9.75. The molecule has 0 spiro atoms. The van der Waals surface area contributed by atoms with Crippen molar-refractivity contribution < 1.29 is 4.79 Å². The Morgan fingerprint density at radius 2 is 2.15 bits per heavy atom. The van der Waals surface area contributed by atoms with E-state index in [0.29, 0.717) is 12.5 Å². The van der Waals surface area contributed by atoms with Crippen LogP contribution >= 0.6 is 0 Å². The van der Waals surface area contributed by atoms with E-state index in [2.05, 4.69) is 22.5 Å². The number of nitrogens with zero attached hydrogens (tertiary/aromatic N) is 2. The summed E-state index contributed by atoms with van der Waals surface area (Å²) in [5, 5.41) is 7.15. The fraction of sp³-hybridized carbons (Fsp3) is 0.375.